The lowest BCUT2D eigenvalue weighted by atomic mass is 9.95. The number of rotatable bonds is 7. The van der Waals surface area contributed by atoms with Crippen molar-refractivity contribution in [2.75, 3.05) is 12.4 Å². The molecule has 5 nitrogen and oxygen atoms in total. The lowest BCUT2D eigenvalue weighted by molar-refractivity contribution is -0.122. The normalized spacial score (nSPS) is 15.2. The molecule has 0 fully saturated rings. The van der Waals surface area contributed by atoms with Crippen LogP contribution in [0.25, 0.3) is 0 Å². The smallest absolute Gasteiger partial charge is 0.341 e. The van der Waals surface area contributed by atoms with Gasteiger partial charge in [-0.15, -0.1) is 11.3 Å². The summed E-state index contributed by atoms with van der Waals surface area (Å²) in [5, 5.41) is 3.49. The van der Waals surface area contributed by atoms with E-state index < -0.39 is 12.1 Å². The molecule has 0 aliphatic heterocycles. The van der Waals surface area contributed by atoms with E-state index in [1.807, 2.05) is 24.3 Å². The van der Waals surface area contributed by atoms with Crippen molar-refractivity contribution in [3.63, 3.8) is 0 Å². The van der Waals surface area contributed by atoms with E-state index in [0.29, 0.717) is 16.5 Å². The lowest BCUT2D eigenvalue weighted by Gasteiger charge is -2.19. The number of thiophene rings is 1. The molecule has 1 heterocycles. The zero-order valence-electron chi connectivity index (χ0n) is 17.5. The van der Waals surface area contributed by atoms with Crippen molar-refractivity contribution >= 4 is 28.2 Å². The summed E-state index contributed by atoms with van der Waals surface area (Å²) in [6, 6.07) is 7.83. The first-order chi connectivity index (χ1) is 14.0. The SMILES string of the molecule is CCC(C)c1ccccc1OC(C)C(=O)Nc1sc2c(c1C(=O)OC)CCCC2. The van der Waals surface area contributed by atoms with Gasteiger partial charge in [0.1, 0.15) is 10.8 Å². The highest BCUT2D eigenvalue weighted by molar-refractivity contribution is 7.17. The molecule has 29 heavy (non-hydrogen) atoms. The van der Waals surface area contributed by atoms with Crippen LogP contribution < -0.4 is 10.1 Å². The maximum absolute atomic E-state index is 12.9. The number of carbonyl (C=O) groups is 2. The van der Waals surface area contributed by atoms with Crippen LogP contribution in [0.2, 0.25) is 0 Å². The van der Waals surface area contributed by atoms with Crippen LogP contribution in [0.3, 0.4) is 0 Å². The Labute approximate surface area is 176 Å². The molecule has 0 spiro atoms. The highest BCUT2D eigenvalue weighted by atomic mass is 32.1. The van der Waals surface area contributed by atoms with E-state index >= 15 is 0 Å². The Morgan fingerprint density at radius 1 is 1.17 bits per heavy atom. The second-order valence-electron chi connectivity index (χ2n) is 7.50. The topological polar surface area (TPSA) is 64.6 Å². The standard InChI is InChI=1S/C23H29NO4S/c1-5-14(2)16-10-6-8-12-18(16)28-15(3)21(25)24-22-20(23(26)27-4)17-11-7-9-13-19(17)29-22/h6,8,10,12,14-15H,5,7,9,11,13H2,1-4H3,(H,24,25). The highest BCUT2D eigenvalue weighted by Gasteiger charge is 2.28. The van der Waals surface area contributed by atoms with Crippen molar-refractivity contribution in [3.05, 3.63) is 45.8 Å². The van der Waals surface area contributed by atoms with Crippen molar-refractivity contribution < 1.29 is 19.1 Å². The van der Waals surface area contributed by atoms with Crippen molar-refractivity contribution in [1.29, 1.82) is 0 Å². The largest absolute Gasteiger partial charge is 0.481 e. The third-order valence-electron chi connectivity index (χ3n) is 5.53. The van der Waals surface area contributed by atoms with Gasteiger partial charge in [-0.2, -0.15) is 0 Å². The van der Waals surface area contributed by atoms with Crippen molar-refractivity contribution in [1.82, 2.24) is 0 Å². The van der Waals surface area contributed by atoms with E-state index in [0.717, 1.165) is 49.0 Å². The minimum Gasteiger partial charge on any atom is -0.481 e. The van der Waals surface area contributed by atoms with Crippen LogP contribution in [-0.4, -0.2) is 25.1 Å². The Bertz CT molecular complexity index is 889. The Kier molecular flexibility index (Phi) is 6.96. The van der Waals surface area contributed by atoms with E-state index in [4.69, 9.17) is 9.47 Å². The molecule has 6 heteroatoms. The molecule has 3 rings (SSSR count). The molecule has 1 aromatic heterocycles. The second kappa shape index (κ2) is 9.44. The monoisotopic (exact) mass is 415 g/mol. The van der Waals surface area contributed by atoms with Gasteiger partial charge in [0, 0.05) is 4.88 Å². The number of carbonyl (C=O) groups excluding carboxylic acids is 2. The number of nitrogens with one attached hydrogen (secondary N) is 1. The molecule has 1 aliphatic carbocycles. The number of methoxy groups -OCH3 is 1. The van der Waals surface area contributed by atoms with Gasteiger partial charge in [0.2, 0.25) is 0 Å². The zero-order chi connectivity index (χ0) is 21.0. The van der Waals surface area contributed by atoms with E-state index in [1.165, 1.54) is 23.3 Å². The summed E-state index contributed by atoms with van der Waals surface area (Å²) in [5.41, 5.74) is 2.63. The summed E-state index contributed by atoms with van der Waals surface area (Å²) in [6.07, 6.45) is 4.24. The number of anilines is 1. The molecule has 1 amide bonds. The fourth-order valence-electron chi connectivity index (χ4n) is 3.64. The van der Waals surface area contributed by atoms with Gasteiger partial charge in [0.05, 0.1) is 12.7 Å². The summed E-state index contributed by atoms with van der Waals surface area (Å²) in [7, 11) is 1.37. The number of benzene rings is 1. The fourth-order valence-corrected chi connectivity index (χ4v) is 4.92. The van der Waals surface area contributed by atoms with Crippen LogP contribution in [-0.2, 0) is 22.4 Å². The molecule has 0 bridgehead atoms. The molecular weight excluding hydrogens is 386 g/mol. The predicted octanol–water partition coefficient (Wildman–Crippen LogP) is 5.33. The van der Waals surface area contributed by atoms with Crippen molar-refractivity contribution in [3.8, 4) is 5.75 Å². The fraction of sp³-hybridized carbons (Fsp3) is 0.478. The molecule has 0 saturated heterocycles. The summed E-state index contributed by atoms with van der Waals surface area (Å²) in [4.78, 5) is 26.4. The van der Waals surface area contributed by atoms with Gasteiger partial charge in [0.15, 0.2) is 6.10 Å². The second-order valence-corrected chi connectivity index (χ2v) is 8.61. The Morgan fingerprint density at radius 3 is 2.62 bits per heavy atom. The van der Waals surface area contributed by atoms with Gasteiger partial charge in [0.25, 0.3) is 5.91 Å². The summed E-state index contributed by atoms with van der Waals surface area (Å²) in [5.74, 6) is 0.405. The number of hydrogen-bond acceptors (Lipinski definition) is 5. The third kappa shape index (κ3) is 4.64. The zero-order valence-corrected chi connectivity index (χ0v) is 18.4. The van der Waals surface area contributed by atoms with Gasteiger partial charge in [-0.25, -0.2) is 4.79 Å². The summed E-state index contributed by atoms with van der Waals surface area (Å²) < 4.78 is 11.0. The number of fused-ring (bicyclic) bond motifs is 1. The summed E-state index contributed by atoms with van der Waals surface area (Å²) in [6.45, 7) is 6.00. The van der Waals surface area contributed by atoms with Crippen LogP contribution in [0.1, 0.15) is 72.3 Å². The van der Waals surface area contributed by atoms with E-state index in [-0.39, 0.29) is 5.91 Å². The lowest BCUT2D eigenvalue weighted by Crippen LogP contribution is -2.30. The van der Waals surface area contributed by atoms with Crippen LogP contribution in [0.5, 0.6) is 5.75 Å². The van der Waals surface area contributed by atoms with Crippen LogP contribution in [0.4, 0.5) is 5.00 Å². The van der Waals surface area contributed by atoms with Crippen molar-refractivity contribution in [2.24, 2.45) is 0 Å². The Hall–Kier alpha value is -2.34. The number of ether oxygens (including phenoxy) is 2. The molecule has 1 N–H and O–H groups in total. The minimum absolute atomic E-state index is 0.271. The molecule has 0 radical (unpaired) electrons. The minimum atomic E-state index is -0.690. The maximum Gasteiger partial charge on any atom is 0.341 e. The average molecular weight is 416 g/mol. The van der Waals surface area contributed by atoms with Crippen LogP contribution >= 0.6 is 11.3 Å². The number of aryl methyl sites for hydroxylation is 1. The molecule has 2 unspecified atom stereocenters. The first-order valence-corrected chi connectivity index (χ1v) is 11.1. The Balaban J connectivity index is 1.79. The molecule has 156 valence electrons. The highest BCUT2D eigenvalue weighted by Crippen LogP contribution is 2.38. The summed E-state index contributed by atoms with van der Waals surface area (Å²) >= 11 is 1.48. The van der Waals surface area contributed by atoms with Crippen molar-refractivity contribution in [2.45, 2.75) is 64.9 Å². The molecule has 0 saturated carbocycles. The quantitative estimate of drug-likeness (QED) is 0.621. The van der Waals surface area contributed by atoms with Gasteiger partial charge < -0.3 is 14.8 Å². The van der Waals surface area contributed by atoms with E-state index in [9.17, 15) is 9.59 Å². The van der Waals surface area contributed by atoms with Crippen LogP contribution in [0, 0.1) is 0 Å². The first kappa shape index (κ1) is 21.4. The maximum atomic E-state index is 12.9. The van der Waals surface area contributed by atoms with Gasteiger partial charge in [-0.3, -0.25) is 4.79 Å². The first-order valence-electron chi connectivity index (χ1n) is 10.3. The van der Waals surface area contributed by atoms with Gasteiger partial charge >= 0.3 is 5.97 Å². The molecular formula is C23H29NO4S. The number of para-hydroxylation sites is 1. The number of hydrogen-bond donors (Lipinski definition) is 1. The van der Waals surface area contributed by atoms with Gasteiger partial charge in [-0.05, 0) is 62.1 Å². The molecule has 2 aromatic rings. The van der Waals surface area contributed by atoms with Crippen LogP contribution in [0.15, 0.2) is 24.3 Å². The Morgan fingerprint density at radius 2 is 1.90 bits per heavy atom. The average Bonchev–Trinajstić information content (AvgIpc) is 3.10. The molecule has 2 atom stereocenters. The molecule has 1 aromatic carbocycles. The third-order valence-corrected chi connectivity index (χ3v) is 6.74. The van der Waals surface area contributed by atoms with Gasteiger partial charge in [-0.1, -0.05) is 32.0 Å². The molecule has 1 aliphatic rings. The number of amides is 1. The number of esters is 1. The predicted molar refractivity (Wildman–Crippen MR) is 116 cm³/mol. The van der Waals surface area contributed by atoms with E-state index in [1.54, 1.807) is 6.92 Å². The van der Waals surface area contributed by atoms with E-state index in [2.05, 4.69) is 19.2 Å².